The van der Waals surface area contributed by atoms with Gasteiger partial charge >= 0.3 is 6.18 Å². The molecule has 0 aliphatic carbocycles. The monoisotopic (exact) mass is 153 g/mol. The van der Waals surface area contributed by atoms with E-state index >= 15 is 0 Å². The summed E-state index contributed by atoms with van der Waals surface area (Å²) in [6, 6.07) is -1.01. The summed E-state index contributed by atoms with van der Waals surface area (Å²) in [6.07, 6.45) is -5.30. The van der Waals surface area contributed by atoms with E-state index in [0.717, 1.165) is 0 Å². The molecule has 0 radical (unpaired) electrons. The third-order valence-electron chi connectivity index (χ3n) is 0.776. The minimum Gasteiger partial charge on any atom is -0.171 e. The fourth-order valence-electron chi connectivity index (χ4n) is 0.464. The highest BCUT2D eigenvalue weighted by Crippen LogP contribution is 2.22. The molecule has 0 bridgehead atoms. The number of halogens is 3. The van der Waals surface area contributed by atoms with Gasteiger partial charge in [0.15, 0.2) is 0 Å². The maximum Gasteiger partial charge on any atom is 0.389 e. The van der Waals surface area contributed by atoms with Gasteiger partial charge in [-0.1, -0.05) is 12.0 Å². The second-order valence-corrected chi connectivity index (χ2v) is 1.87. The molecule has 0 aromatic heterocycles. The van der Waals surface area contributed by atoms with Crippen LogP contribution >= 0.6 is 0 Å². The number of hydrogen-bond donors (Lipinski definition) is 0. The van der Waals surface area contributed by atoms with Crippen molar-refractivity contribution < 1.29 is 13.2 Å². The molecule has 1 atom stereocenters. The van der Waals surface area contributed by atoms with E-state index in [2.05, 4.69) is 10.0 Å². The summed E-state index contributed by atoms with van der Waals surface area (Å²) in [7, 11) is 0. The minimum absolute atomic E-state index is 1.01. The lowest BCUT2D eigenvalue weighted by Gasteiger charge is -2.07. The quantitative estimate of drug-likeness (QED) is 0.332. The molecule has 0 aromatic rings. The maximum absolute atomic E-state index is 11.4. The van der Waals surface area contributed by atoms with Crippen molar-refractivity contribution in [2.45, 2.75) is 25.6 Å². The van der Waals surface area contributed by atoms with Crippen molar-refractivity contribution in [2.24, 2.45) is 5.11 Å². The van der Waals surface area contributed by atoms with E-state index < -0.39 is 18.6 Å². The molecule has 3 nitrogen and oxygen atoms in total. The molecule has 10 heavy (non-hydrogen) atoms. The first-order valence-electron chi connectivity index (χ1n) is 2.56. The zero-order valence-corrected chi connectivity index (χ0v) is 5.26. The standard InChI is InChI=1S/C4H6F3N3/c1-3(9-10-8)2-4(5,6)7/h3H,2H2,1H3. The zero-order chi connectivity index (χ0) is 8.20. The van der Waals surface area contributed by atoms with Crippen LogP contribution in [-0.4, -0.2) is 12.2 Å². The van der Waals surface area contributed by atoms with Gasteiger partial charge in [-0.2, -0.15) is 13.2 Å². The van der Waals surface area contributed by atoms with Gasteiger partial charge in [0.1, 0.15) is 0 Å². The number of alkyl halides is 3. The minimum atomic E-state index is -4.24. The van der Waals surface area contributed by atoms with E-state index in [4.69, 9.17) is 5.53 Å². The molecule has 0 saturated carbocycles. The maximum atomic E-state index is 11.4. The summed E-state index contributed by atoms with van der Waals surface area (Å²) >= 11 is 0. The van der Waals surface area contributed by atoms with Crippen molar-refractivity contribution in [1.82, 2.24) is 0 Å². The van der Waals surface area contributed by atoms with Crippen LogP contribution in [0.2, 0.25) is 0 Å². The van der Waals surface area contributed by atoms with E-state index in [1.54, 1.807) is 0 Å². The molecule has 0 amide bonds. The van der Waals surface area contributed by atoms with Crippen molar-refractivity contribution in [2.75, 3.05) is 0 Å². The largest absolute Gasteiger partial charge is 0.389 e. The molecule has 0 saturated heterocycles. The van der Waals surface area contributed by atoms with Gasteiger partial charge in [0, 0.05) is 11.0 Å². The molecule has 1 unspecified atom stereocenters. The van der Waals surface area contributed by atoms with Gasteiger partial charge in [-0.25, -0.2) is 0 Å². The summed E-state index contributed by atoms with van der Waals surface area (Å²) in [5.74, 6) is 0. The number of nitrogens with zero attached hydrogens (tertiary/aromatic N) is 3. The van der Waals surface area contributed by atoms with Crippen molar-refractivity contribution in [1.29, 1.82) is 0 Å². The van der Waals surface area contributed by atoms with Crippen molar-refractivity contribution in [3.63, 3.8) is 0 Å². The molecule has 0 N–H and O–H groups in total. The first kappa shape index (κ1) is 9.10. The Morgan fingerprint density at radius 1 is 1.60 bits per heavy atom. The van der Waals surface area contributed by atoms with Crippen LogP contribution in [0.4, 0.5) is 13.2 Å². The van der Waals surface area contributed by atoms with Crippen molar-refractivity contribution >= 4 is 0 Å². The molecular weight excluding hydrogens is 147 g/mol. The summed E-state index contributed by atoms with van der Waals surface area (Å²) < 4.78 is 34.3. The Bertz CT molecular complexity index is 146. The van der Waals surface area contributed by atoms with Crippen LogP contribution in [-0.2, 0) is 0 Å². The Morgan fingerprint density at radius 3 is 2.40 bits per heavy atom. The predicted octanol–water partition coefficient (Wildman–Crippen LogP) is 2.64. The molecule has 0 fully saturated rings. The number of rotatable bonds is 2. The van der Waals surface area contributed by atoms with Crippen LogP contribution in [0.15, 0.2) is 5.11 Å². The number of azide groups is 1. The first-order chi connectivity index (χ1) is 4.45. The zero-order valence-electron chi connectivity index (χ0n) is 5.26. The van der Waals surface area contributed by atoms with Gasteiger partial charge in [0.05, 0.1) is 6.42 Å². The Balaban J connectivity index is 3.79. The third-order valence-corrected chi connectivity index (χ3v) is 0.776. The third kappa shape index (κ3) is 5.24. The van der Waals surface area contributed by atoms with Gasteiger partial charge in [-0.05, 0) is 5.53 Å². The highest BCUT2D eigenvalue weighted by molar-refractivity contribution is 4.65. The van der Waals surface area contributed by atoms with E-state index in [1.165, 1.54) is 6.92 Å². The Labute approximate surface area is 55.5 Å². The van der Waals surface area contributed by atoms with Crippen molar-refractivity contribution in [3.05, 3.63) is 10.4 Å². The normalized spacial score (nSPS) is 14.0. The molecule has 0 spiro atoms. The van der Waals surface area contributed by atoms with Crippen LogP contribution in [0, 0.1) is 0 Å². The lowest BCUT2D eigenvalue weighted by atomic mass is 10.2. The lowest BCUT2D eigenvalue weighted by Crippen LogP contribution is -2.14. The van der Waals surface area contributed by atoms with Gasteiger partial charge in [0.25, 0.3) is 0 Å². The molecule has 0 heterocycles. The highest BCUT2D eigenvalue weighted by atomic mass is 19.4. The van der Waals surface area contributed by atoms with Gasteiger partial charge < -0.3 is 0 Å². The fourth-order valence-corrected chi connectivity index (χ4v) is 0.464. The SMILES string of the molecule is CC(CC(F)(F)F)N=[N+]=[N-]. The first-order valence-corrected chi connectivity index (χ1v) is 2.56. The van der Waals surface area contributed by atoms with Gasteiger partial charge in [-0.15, -0.1) is 0 Å². The van der Waals surface area contributed by atoms with Gasteiger partial charge in [-0.3, -0.25) is 0 Å². The molecule has 0 aliphatic heterocycles. The average molecular weight is 153 g/mol. The van der Waals surface area contributed by atoms with Crippen molar-refractivity contribution in [3.8, 4) is 0 Å². The molecule has 0 aromatic carbocycles. The second kappa shape index (κ2) is 3.31. The van der Waals surface area contributed by atoms with Gasteiger partial charge in [0.2, 0.25) is 0 Å². The van der Waals surface area contributed by atoms with Crippen LogP contribution in [0.3, 0.4) is 0 Å². The molecule has 0 aliphatic rings. The number of hydrogen-bond acceptors (Lipinski definition) is 1. The molecule has 6 heteroatoms. The van der Waals surface area contributed by atoms with Crippen LogP contribution in [0.5, 0.6) is 0 Å². The molecule has 58 valence electrons. The summed E-state index contributed by atoms with van der Waals surface area (Å²) in [5.41, 5.74) is 7.72. The fraction of sp³-hybridized carbons (Fsp3) is 1.00. The Kier molecular flexibility index (Phi) is 3.02. The van der Waals surface area contributed by atoms with Crippen LogP contribution in [0.25, 0.3) is 10.4 Å². The summed E-state index contributed by atoms with van der Waals surface area (Å²) in [4.78, 5) is 2.24. The highest BCUT2D eigenvalue weighted by Gasteiger charge is 2.29. The van der Waals surface area contributed by atoms with Crippen LogP contribution in [0.1, 0.15) is 13.3 Å². The average Bonchev–Trinajstić information content (AvgIpc) is 1.59. The van der Waals surface area contributed by atoms with Crippen LogP contribution < -0.4 is 0 Å². The van der Waals surface area contributed by atoms with E-state index in [1.807, 2.05) is 0 Å². The van der Waals surface area contributed by atoms with E-state index in [0.29, 0.717) is 0 Å². The molecular formula is C4H6F3N3. The second-order valence-electron chi connectivity index (χ2n) is 1.87. The summed E-state index contributed by atoms with van der Waals surface area (Å²) in [5, 5.41) is 2.87. The van der Waals surface area contributed by atoms with E-state index in [9.17, 15) is 13.2 Å². The Morgan fingerprint density at radius 2 is 2.10 bits per heavy atom. The Hall–Kier alpha value is -0.900. The topological polar surface area (TPSA) is 48.8 Å². The summed E-state index contributed by atoms with van der Waals surface area (Å²) in [6.45, 7) is 1.22. The lowest BCUT2D eigenvalue weighted by molar-refractivity contribution is -0.137. The smallest absolute Gasteiger partial charge is 0.171 e. The van der Waals surface area contributed by atoms with E-state index in [-0.39, 0.29) is 0 Å². The molecule has 0 rings (SSSR count). The predicted molar refractivity (Wildman–Crippen MR) is 29.3 cm³/mol.